The number of benzene rings is 2. The number of carbonyl (C=O) groups is 1. The number of fused-ring (bicyclic) bond motifs is 4. The zero-order valence-corrected chi connectivity index (χ0v) is 21.7. The molecule has 1 amide bonds. The lowest BCUT2D eigenvalue weighted by atomic mass is 9.83. The summed E-state index contributed by atoms with van der Waals surface area (Å²) in [6.07, 6.45) is 1.06. The number of hydrogen-bond donors (Lipinski definition) is 1. The van der Waals surface area contributed by atoms with E-state index >= 15 is 0 Å². The van der Waals surface area contributed by atoms with E-state index < -0.39 is 5.25 Å². The van der Waals surface area contributed by atoms with Gasteiger partial charge in [-0.3, -0.25) is 9.59 Å². The van der Waals surface area contributed by atoms with Gasteiger partial charge in [0, 0.05) is 48.0 Å². The molecule has 5 nitrogen and oxygen atoms in total. The fourth-order valence-corrected chi connectivity index (χ4v) is 6.58. The average molecular weight is 524 g/mol. The zero-order chi connectivity index (χ0) is 24.5. The molecule has 3 aromatic rings. The van der Waals surface area contributed by atoms with Gasteiger partial charge in [-0.05, 0) is 48.6 Å². The average Bonchev–Trinajstić information content (AvgIpc) is 2.85. The van der Waals surface area contributed by atoms with Crippen LogP contribution in [0.4, 0.5) is 5.69 Å². The molecule has 2 aliphatic rings. The van der Waals surface area contributed by atoms with Crippen molar-refractivity contribution in [3.63, 3.8) is 0 Å². The predicted molar refractivity (Wildman–Crippen MR) is 147 cm³/mol. The van der Waals surface area contributed by atoms with E-state index in [0.717, 1.165) is 36.3 Å². The Balaban J connectivity index is 1.35. The maximum absolute atomic E-state index is 13.4. The maximum Gasteiger partial charge on any atom is 0.250 e. The van der Waals surface area contributed by atoms with Gasteiger partial charge in [0.2, 0.25) is 5.91 Å². The number of amides is 1. The first-order chi connectivity index (χ1) is 16.9. The van der Waals surface area contributed by atoms with Crippen LogP contribution in [-0.4, -0.2) is 32.8 Å². The highest BCUT2D eigenvalue weighted by Crippen LogP contribution is 2.39. The number of halogens is 1. The van der Waals surface area contributed by atoms with Crippen molar-refractivity contribution in [2.24, 2.45) is 5.92 Å². The van der Waals surface area contributed by atoms with E-state index in [0.29, 0.717) is 27.5 Å². The van der Waals surface area contributed by atoms with Crippen LogP contribution < -0.4 is 10.9 Å². The zero-order valence-electron chi connectivity index (χ0n) is 19.3. The molecule has 0 radical (unpaired) electrons. The molecular weight excluding hydrogens is 498 g/mol. The van der Waals surface area contributed by atoms with Gasteiger partial charge >= 0.3 is 0 Å². The molecule has 1 N–H and O–H groups in total. The number of nitrogens with zero attached hydrogens (tertiary/aromatic N) is 2. The first kappa shape index (κ1) is 24.1. The minimum absolute atomic E-state index is 0.0691. The summed E-state index contributed by atoms with van der Waals surface area (Å²) in [6.45, 7) is 4.19. The Morgan fingerprint density at radius 1 is 1.09 bits per heavy atom. The second kappa shape index (κ2) is 10.2. The van der Waals surface area contributed by atoms with E-state index in [1.807, 2.05) is 60.0 Å². The standard InChI is InChI=1S/C27H26ClN3O2S2/c1-17-10-11-21(13-22(17)28)29-26(33)25(19-6-3-2-4-7-19)35-27(34)30-14-18-12-20(16-30)23-8-5-9-24(32)31(23)15-18/h2-11,13,18,20,25H,12,14-16H2,1H3,(H,29,33)/t18-,20+,25+/m1/s1. The predicted octanol–water partition coefficient (Wildman–Crippen LogP) is 5.63. The summed E-state index contributed by atoms with van der Waals surface area (Å²) < 4.78 is 2.62. The molecule has 1 saturated heterocycles. The van der Waals surface area contributed by atoms with Crippen molar-refractivity contribution in [3.05, 3.63) is 98.9 Å². The summed E-state index contributed by atoms with van der Waals surface area (Å²) in [5.41, 5.74) is 3.66. The van der Waals surface area contributed by atoms with Gasteiger partial charge in [0.25, 0.3) is 5.56 Å². The second-order valence-corrected chi connectivity index (χ2v) is 11.4. The highest BCUT2D eigenvalue weighted by atomic mass is 35.5. The molecule has 35 heavy (non-hydrogen) atoms. The number of thiocarbonyl (C=S) groups is 1. The first-order valence-electron chi connectivity index (χ1n) is 11.7. The van der Waals surface area contributed by atoms with Crippen molar-refractivity contribution in [2.75, 3.05) is 18.4 Å². The fourth-order valence-electron chi connectivity index (χ4n) is 5.00. The molecule has 0 spiro atoms. The van der Waals surface area contributed by atoms with Crippen molar-refractivity contribution in [1.82, 2.24) is 9.47 Å². The van der Waals surface area contributed by atoms with Crippen LogP contribution in [0.5, 0.6) is 0 Å². The lowest BCUT2D eigenvalue weighted by Crippen LogP contribution is -2.48. The van der Waals surface area contributed by atoms with Crippen molar-refractivity contribution in [2.45, 2.75) is 31.1 Å². The van der Waals surface area contributed by atoms with E-state index in [-0.39, 0.29) is 17.4 Å². The van der Waals surface area contributed by atoms with Crippen LogP contribution in [0.1, 0.15) is 34.4 Å². The summed E-state index contributed by atoms with van der Waals surface area (Å²) in [4.78, 5) is 28.0. The van der Waals surface area contributed by atoms with Gasteiger partial charge in [0.05, 0.1) is 0 Å². The van der Waals surface area contributed by atoms with Gasteiger partial charge in [-0.15, -0.1) is 0 Å². The van der Waals surface area contributed by atoms with Crippen molar-refractivity contribution >= 4 is 51.5 Å². The molecule has 0 saturated carbocycles. The molecule has 2 aromatic carbocycles. The molecule has 0 unspecified atom stereocenters. The molecule has 8 heteroatoms. The number of thioether (sulfide) groups is 1. The molecule has 0 aliphatic carbocycles. The first-order valence-corrected chi connectivity index (χ1v) is 13.3. The summed E-state index contributed by atoms with van der Waals surface area (Å²) in [5.74, 6) is 0.477. The van der Waals surface area contributed by atoms with E-state index in [4.69, 9.17) is 23.8 Å². The number of pyridine rings is 1. The number of carbonyl (C=O) groups excluding carboxylic acids is 1. The number of piperidine rings is 1. The van der Waals surface area contributed by atoms with Crippen LogP contribution in [0.2, 0.25) is 5.02 Å². The monoisotopic (exact) mass is 523 g/mol. The molecule has 1 fully saturated rings. The van der Waals surface area contributed by atoms with Gasteiger partial charge in [0.15, 0.2) is 0 Å². The molecule has 2 aliphatic heterocycles. The van der Waals surface area contributed by atoms with Crippen molar-refractivity contribution < 1.29 is 4.79 Å². The van der Waals surface area contributed by atoms with Crippen LogP contribution in [0.25, 0.3) is 0 Å². The van der Waals surface area contributed by atoms with Crippen LogP contribution in [0.15, 0.2) is 71.5 Å². The van der Waals surface area contributed by atoms with Crippen molar-refractivity contribution in [3.8, 4) is 0 Å². The Hall–Kier alpha value is -2.61. The quantitative estimate of drug-likeness (QED) is 0.449. The van der Waals surface area contributed by atoms with Gasteiger partial charge in [0.1, 0.15) is 9.57 Å². The van der Waals surface area contributed by atoms with E-state index in [9.17, 15) is 9.59 Å². The number of aromatic nitrogens is 1. The Morgan fingerprint density at radius 3 is 2.66 bits per heavy atom. The number of aryl methyl sites for hydroxylation is 1. The number of likely N-dealkylation sites (tertiary alicyclic amines) is 1. The normalized spacial score (nSPS) is 19.5. The molecule has 3 heterocycles. The smallest absolute Gasteiger partial charge is 0.250 e. The minimum atomic E-state index is -0.500. The Morgan fingerprint density at radius 2 is 1.89 bits per heavy atom. The summed E-state index contributed by atoms with van der Waals surface area (Å²) >= 11 is 13.6. The van der Waals surface area contributed by atoms with Gasteiger partial charge in [-0.25, -0.2) is 0 Å². The summed E-state index contributed by atoms with van der Waals surface area (Å²) in [6, 6.07) is 20.8. The molecule has 2 bridgehead atoms. The highest BCUT2D eigenvalue weighted by molar-refractivity contribution is 8.23. The van der Waals surface area contributed by atoms with Crippen LogP contribution in [0.3, 0.4) is 0 Å². The van der Waals surface area contributed by atoms with Gasteiger partial charge in [-0.2, -0.15) is 0 Å². The minimum Gasteiger partial charge on any atom is -0.356 e. The lowest BCUT2D eigenvalue weighted by Gasteiger charge is -2.43. The Labute approximate surface area is 219 Å². The van der Waals surface area contributed by atoms with Gasteiger partial charge in [-0.1, -0.05) is 78.0 Å². The highest BCUT2D eigenvalue weighted by Gasteiger charge is 2.36. The van der Waals surface area contributed by atoms with E-state index in [1.54, 1.807) is 12.1 Å². The third-order valence-corrected chi connectivity index (χ3v) is 8.87. The lowest BCUT2D eigenvalue weighted by molar-refractivity contribution is -0.115. The molecule has 1 aromatic heterocycles. The van der Waals surface area contributed by atoms with E-state index in [1.165, 1.54) is 11.8 Å². The second-order valence-electron chi connectivity index (χ2n) is 9.23. The summed E-state index contributed by atoms with van der Waals surface area (Å²) in [7, 11) is 0. The largest absolute Gasteiger partial charge is 0.356 e. The molecule has 5 rings (SSSR count). The van der Waals surface area contributed by atoms with Crippen molar-refractivity contribution in [1.29, 1.82) is 0 Å². The number of anilines is 1. The van der Waals surface area contributed by atoms with E-state index in [2.05, 4.69) is 16.3 Å². The molecular formula is C27H26ClN3O2S2. The van der Waals surface area contributed by atoms with Crippen LogP contribution in [0, 0.1) is 12.8 Å². The van der Waals surface area contributed by atoms with Gasteiger partial charge < -0.3 is 14.8 Å². The maximum atomic E-state index is 13.4. The summed E-state index contributed by atoms with van der Waals surface area (Å²) in [5, 5.41) is 3.13. The topological polar surface area (TPSA) is 54.3 Å². The fraction of sp³-hybridized carbons (Fsp3) is 0.296. The van der Waals surface area contributed by atoms with Crippen LogP contribution in [-0.2, 0) is 11.3 Å². The number of hydrogen-bond acceptors (Lipinski definition) is 4. The molecule has 180 valence electrons. The SMILES string of the molecule is Cc1ccc(NC(=O)[C@@H](SC(=S)N2C[C@H]3C[C@@H](C2)c2cccc(=O)n2C3)c2ccccc2)cc1Cl. The van der Waals surface area contributed by atoms with Crippen LogP contribution >= 0.6 is 35.6 Å². The molecule has 3 atom stereocenters. The number of rotatable bonds is 4. The Bertz CT molecular complexity index is 1330. The third kappa shape index (κ3) is 5.17. The third-order valence-electron chi connectivity index (χ3n) is 6.74. The Kier molecular flexibility index (Phi) is 7.00. The number of nitrogens with one attached hydrogen (secondary N) is 1.